The van der Waals surface area contributed by atoms with E-state index in [9.17, 15) is 5.11 Å². The first kappa shape index (κ1) is 26.7. The van der Waals surface area contributed by atoms with Gasteiger partial charge in [0.25, 0.3) is 0 Å². The summed E-state index contributed by atoms with van der Waals surface area (Å²) in [5.41, 5.74) is 0. The van der Waals surface area contributed by atoms with Gasteiger partial charge < -0.3 is 33.5 Å². The van der Waals surface area contributed by atoms with Gasteiger partial charge in [-0.15, -0.1) is 0 Å². The topological polar surface area (TPSA) is 75.6 Å². The lowest BCUT2D eigenvalue weighted by atomic mass is 9.98. The van der Waals surface area contributed by atoms with Crippen molar-refractivity contribution < 1.29 is 33.5 Å². The van der Waals surface area contributed by atoms with E-state index < -0.39 is 6.29 Å². The summed E-state index contributed by atoms with van der Waals surface area (Å²) in [6.07, 6.45) is 3.41. The average Bonchev–Trinajstić information content (AvgIpc) is 2.67. The van der Waals surface area contributed by atoms with Gasteiger partial charge in [-0.1, -0.05) is 26.7 Å². The van der Waals surface area contributed by atoms with Crippen molar-refractivity contribution in [3.8, 4) is 0 Å². The van der Waals surface area contributed by atoms with Crippen LogP contribution >= 0.6 is 0 Å². The summed E-state index contributed by atoms with van der Waals surface area (Å²) in [5, 5.41) is 10.1. The molecule has 0 radical (unpaired) electrons. The fourth-order valence-electron chi connectivity index (χ4n) is 2.56. The zero-order valence-corrected chi connectivity index (χ0v) is 17.7. The van der Waals surface area contributed by atoms with Crippen molar-refractivity contribution in [1.29, 1.82) is 0 Å². The Morgan fingerprint density at radius 2 is 0.926 bits per heavy atom. The third-order valence-corrected chi connectivity index (χ3v) is 3.93. The Hall–Kier alpha value is -0.280. The summed E-state index contributed by atoms with van der Waals surface area (Å²) < 4.78 is 32.2. The van der Waals surface area contributed by atoms with Gasteiger partial charge >= 0.3 is 0 Å². The number of ether oxygens (including phenoxy) is 6. The molecule has 1 atom stereocenters. The van der Waals surface area contributed by atoms with Gasteiger partial charge in [0.05, 0.1) is 66.1 Å². The van der Waals surface area contributed by atoms with E-state index in [-0.39, 0.29) is 5.92 Å². The van der Waals surface area contributed by atoms with E-state index in [1.807, 2.05) is 6.92 Å². The molecule has 0 aliphatic carbocycles. The maximum absolute atomic E-state index is 10.1. The normalized spacial score (nSPS) is 12.8. The lowest BCUT2D eigenvalue weighted by Crippen LogP contribution is -2.25. The molecule has 0 heterocycles. The third kappa shape index (κ3) is 18.8. The molecular formula is C20H42O7. The third-order valence-electron chi connectivity index (χ3n) is 3.93. The average molecular weight is 395 g/mol. The standard InChI is InChI=1S/C20H42O7/c1-4-7-19(8-5-2)20(21)27-18-17-26-16-15-25-14-13-24-12-11-23-10-9-22-6-3/h19-21H,4-18H2,1-3H3. The Kier molecular flexibility index (Phi) is 21.8. The van der Waals surface area contributed by atoms with Gasteiger partial charge in [-0.05, 0) is 19.8 Å². The molecule has 0 aromatic heterocycles. The summed E-state index contributed by atoms with van der Waals surface area (Å²) in [7, 11) is 0. The van der Waals surface area contributed by atoms with Crippen molar-refractivity contribution in [3.63, 3.8) is 0 Å². The minimum absolute atomic E-state index is 0.221. The monoisotopic (exact) mass is 394 g/mol. The summed E-state index contributed by atoms with van der Waals surface area (Å²) in [6, 6.07) is 0. The molecule has 0 amide bonds. The van der Waals surface area contributed by atoms with Crippen LogP contribution in [0.2, 0.25) is 0 Å². The van der Waals surface area contributed by atoms with Gasteiger partial charge in [-0.25, -0.2) is 0 Å². The number of aliphatic hydroxyl groups excluding tert-OH is 1. The quantitative estimate of drug-likeness (QED) is 0.223. The summed E-state index contributed by atoms with van der Waals surface area (Å²) in [5.74, 6) is 0.221. The van der Waals surface area contributed by atoms with Crippen LogP contribution in [0.3, 0.4) is 0 Å². The van der Waals surface area contributed by atoms with E-state index in [1.54, 1.807) is 0 Å². The Morgan fingerprint density at radius 3 is 1.30 bits per heavy atom. The van der Waals surface area contributed by atoms with E-state index in [2.05, 4.69) is 13.8 Å². The van der Waals surface area contributed by atoms with Crippen molar-refractivity contribution in [1.82, 2.24) is 0 Å². The zero-order chi connectivity index (χ0) is 20.0. The molecule has 0 rings (SSSR count). The number of aliphatic hydroxyl groups is 1. The second kappa shape index (κ2) is 22.0. The van der Waals surface area contributed by atoms with E-state index in [0.29, 0.717) is 72.7 Å². The van der Waals surface area contributed by atoms with Crippen molar-refractivity contribution >= 4 is 0 Å². The fraction of sp³-hybridized carbons (Fsp3) is 1.00. The molecule has 1 N–H and O–H groups in total. The Bertz CT molecular complexity index is 273. The van der Waals surface area contributed by atoms with Crippen LogP contribution in [0.15, 0.2) is 0 Å². The molecule has 7 nitrogen and oxygen atoms in total. The molecule has 0 bridgehead atoms. The van der Waals surface area contributed by atoms with Gasteiger partial charge in [0.1, 0.15) is 0 Å². The van der Waals surface area contributed by atoms with E-state index >= 15 is 0 Å². The second-order valence-corrected chi connectivity index (χ2v) is 6.25. The van der Waals surface area contributed by atoms with Crippen LogP contribution in [0.5, 0.6) is 0 Å². The molecule has 7 heteroatoms. The lowest BCUT2D eigenvalue weighted by Gasteiger charge is -2.22. The van der Waals surface area contributed by atoms with Crippen LogP contribution in [0, 0.1) is 5.92 Å². The molecular weight excluding hydrogens is 352 g/mol. The summed E-state index contributed by atoms with van der Waals surface area (Å²) >= 11 is 0. The van der Waals surface area contributed by atoms with E-state index in [1.165, 1.54) is 0 Å². The van der Waals surface area contributed by atoms with Crippen molar-refractivity contribution in [2.24, 2.45) is 5.92 Å². The largest absolute Gasteiger partial charge is 0.379 e. The van der Waals surface area contributed by atoms with Crippen molar-refractivity contribution in [2.45, 2.75) is 52.7 Å². The van der Waals surface area contributed by atoms with Crippen LogP contribution in [0.25, 0.3) is 0 Å². The van der Waals surface area contributed by atoms with E-state index in [0.717, 1.165) is 25.7 Å². The highest BCUT2D eigenvalue weighted by Crippen LogP contribution is 2.18. The van der Waals surface area contributed by atoms with E-state index in [4.69, 9.17) is 28.4 Å². The minimum Gasteiger partial charge on any atom is -0.379 e. The van der Waals surface area contributed by atoms with Crippen molar-refractivity contribution in [2.75, 3.05) is 72.7 Å². The predicted molar refractivity (Wildman–Crippen MR) is 105 cm³/mol. The van der Waals surface area contributed by atoms with Gasteiger partial charge in [-0.3, -0.25) is 0 Å². The molecule has 0 fully saturated rings. The molecule has 27 heavy (non-hydrogen) atoms. The predicted octanol–water partition coefficient (Wildman–Crippen LogP) is 2.64. The highest BCUT2D eigenvalue weighted by Gasteiger charge is 2.17. The maximum Gasteiger partial charge on any atom is 0.157 e. The first-order chi connectivity index (χ1) is 13.3. The molecule has 0 aliphatic heterocycles. The van der Waals surface area contributed by atoms with Gasteiger partial charge in [-0.2, -0.15) is 0 Å². The zero-order valence-electron chi connectivity index (χ0n) is 17.7. The molecule has 1 unspecified atom stereocenters. The highest BCUT2D eigenvalue weighted by atomic mass is 16.6. The molecule has 0 saturated heterocycles. The first-order valence-corrected chi connectivity index (χ1v) is 10.4. The second-order valence-electron chi connectivity index (χ2n) is 6.25. The van der Waals surface area contributed by atoms with Crippen LogP contribution < -0.4 is 0 Å². The highest BCUT2D eigenvalue weighted by molar-refractivity contribution is 4.61. The smallest absolute Gasteiger partial charge is 0.157 e. The Labute approximate surface area is 165 Å². The van der Waals surface area contributed by atoms with Crippen LogP contribution in [-0.2, 0) is 28.4 Å². The van der Waals surface area contributed by atoms with Crippen LogP contribution in [0.4, 0.5) is 0 Å². The lowest BCUT2D eigenvalue weighted by molar-refractivity contribution is -0.147. The maximum atomic E-state index is 10.1. The van der Waals surface area contributed by atoms with Gasteiger partial charge in [0, 0.05) is 12.5 Å². The van der Waals surface area contributed by atoms with Gasteiger partial charge in [0.2, 0.25) is 0 Å². The van der Waals surface area contributed by atoms with Crippen molar-refractivity contribution in [3.05, 3.63) is 0 Å². The van der Waals surface area contributed by atoms with Crippen LogP contribution in [0.1, 0.15) is 46.5 Å². The van der Waals surface area contributed by atoms with Gasteiger partial charge in [0.15, 0.2) is 6.29 Å². The summed E-state index contributed by atoms with van der Waals surface area (Å²) in [6.45, 7) is 12.2. The molecule has 164 valence electrons. The van der Waals surface area contributed by atoms with Crippen LogP contribution in [-0.4, -0.2) is 84.1 Å². The molecule has 0 aromatic rings. The number of rotatable bonds is 22. The Balaban J connectivity index is 3.26. The molecule has 0 saturated carbocycles. The fourth-order valence-corrected chi connectivity index (χ4v) is 2.56. The summed E-state index contributed by atoms with van der Waals surface area (Å²) in [4.78, 5) is 0. The number of hydrogen-bond acceptors (Lipinski definition) is 7. The number of hydrogen-bond donors (Lipinski definition) is 1. The Morgan fingerprint density at radius 1 is 0.556 bits per heavy atom. The first-order valence-electron chi connectivity index (χ1n) is 10.4. The molecule has 0 spiro atoms. The molecule has 0 aliphatic rings. The minimum atomic E-state index is -0.690. The molecule has 0 aromatic carbocycles. The SMILES string of the molecule is CCCC(CCC)C(O)OCCOCCOCCOCCOCCOCC.